The zero-order valence-corrected chi connectivity index (χ0v) is 18.2. The highest BCUT2D eigenvalue weighted by Crippen LogP contribution is 2.43. The van der Waals surface area contributed by atoms with E-state index in [1.165, 1.54) is 17.8 Å². The summed E-state index contributed by atoms with van der Waals surface area (Å²) in [6.45, 7) is 0. The van der Waals surface area contributed by atoms with Gasteiger partial charge in [-0.25, -0.2) is 4.98 Å². The van der Waals surface area contributed by atoms with Gasteiger partial charge in [-0.3, -0.25) is 0 Å². The van der Waals surface area contributed by atoms with Gasteiger partial charge in [0.25, 0.3) is 5.89 Å². The molecule has 0 amide bonds. The molecule has 0 spiro atoms. The number of hydrogen-bond donors (Lipinski definition) is 0. The summed E-state index contributed by atoms with van der Waals surface area (Å²) in [4.78, 5) is 9.32. The van der Waals surface area contributed by atoms with E-state index >= 15 is 0 Å². The second kappa shape index (κ2) is 8.03. The summed E-state index contributed by atoms with van der Waals surface area (Å²) in [6.07, 6.45) is 2.52. The maximum Gasteiger partial charge on any atom is 0.258 e. The Kier molecular flexibility index (Phi) is 5.07. The van der Waals surface area contributed by atoms with Crippen molar-refractivity contribution in [2.75, 3.05) is 21.3 Å². The van der Waals surface area contributed by atoms with Crippen LogP contribution in [0.15, 0.2) is 46.3 Å². The molecule has 7 nitrogen and oxygen atoms in total. The van der Waals surface area contributed by atoms with Crippen LogP contribution in [0, 0.1) is 0 Å². The molecule has 0 bridgehead atoms. The molecule has 158 valence electrons. The minimum Gasteiger partial charge on any atom is -0.493 e. The van der Waals surface area contributed by atoms with Crippen LogP contribution < -0.4 is 14.2 Å². The van der Waals surface area contributed by atoms with Crippen LogP contribution in [0.4, 0.5) is 0 Å². The first-order chi connectivity index (χ1) is 15.2. The normalized spacial score (nSPS) is 13.3. The second-order valence-electron chi connectivity index (χ2n) is 7.26. The van der Waals surface area contributed by atoms with E-state index in [4.69, 9.17) is 23.7 Å². The Morgan fingerprint density at radius 3 is 2.16 bits per heavy atom. The van der Waals surface area contributed by atoms with Crippen molar-refractivity contribution in [3.63, 3.8) is 0 Å². The molecule has 1 aliphatic carbocycles. The molecule has 1 fully saturated rings. The average molecular weight is 436 g/mol. The fourth-order valence-corrected chi connectivity index (χ4v) is 4.39. The van der Waals surface area contributed by atoms with Crippen molar-refractivity contribution >= 4 is 11.3 Å². The van der Waals surface area contributed by atoms with Gasteiger partial charge >= 0.3 is 0 Å². The monoisotopic (exact) mass is 435 g/mol. The number of ether oxygens (including phenoxy) is 3. The van der Waals surface area contributed by atoms with E-state index in [2.05, 4.69) is 15.5 Å². The number of nitrogens with zero attached hydrogens (tertiary/aromatic N) is 3. The van der Waals surface area contributed by atoms with E-state index in [1.54, 1.807) is 44.8 Å². The largest absolute Gasteiger partial charge is 0.493 e. The third-order valence-corrected chi connectivity index (χ3v) is 6.23. The minimum absolute atomic E-state index is 0.368. The predicted octanol–water partition coefficient (Wildman–Crippen LogP) is 5.43. The summed E-state index contributed by atoms with van der Waals surface area (Å²) in [7, 11) is 4.70. The number of hydrogen-bond acceptors (Lipinski definition) is 8. The Bertz CT molecular complexity index is 1190. The first-order valence-corrected chi connectivity index (χ1v) is 10.8. The quantitative estimate of drug-likeness (QED) is 0.383. The molecule has 2 aromatic heterocycles. The summed E-state index contributed by atoms with van der Waals surface area (Å²) in [6, 6.07) is 11.6. The van der Waals surface area contributed by atoms with E-state index in [0.29, 0.717) is 40.4 Å². The maximum atomic E-state index is 5.51. The van der Waals surface area contributed by atoms with E-state index in [1.807, 2.05) is 24.3 Å². The maximum absolute atomic E-state index is 5.51. The van der Waals surface area contributed by atoms with Gasteiger partial charge < -0.3 is 18.7 Å². The van der Waals surface area contributed by atoms with Gasteiger partial charge in [0.05, 0.1) is 32.0 Å². The molecule has 0 aliphatic heterocycles. The highest BCUT2D eigenvalue weighted by atomic mass is 32.1. The highest BCUT2D eigenvalue weighted by Gasteiger charge is 2.26. The number of methoxy groups -OCH3 is 3. The van der Waals surface area contributed by atoms with Gasteiger partial charge in [-0.05, 0) is 25.0 Å². The van der Waals surface area contributed by atoms with Crippen LogP contribution in [0.3, 0.4) is 0 Å². The molecule has 0 radical (unpaired) electrons. The molecule has 0 atom stereocenters. The van der Waals surface area contributed by atoms with Gasteiger partial charge in [0.15, 0.2) is 11.5 Å². The van der Waals surface area contributed by atoms with Gasteiger partial charge in [0.2, 0.25) is 11.6 Å². The van der Waals surface area contributed by atoms with Gasteiger partial charge in [-0.1, -0.05) is 29.4 Å². The first kappa shape index (κ1) is 19.6. The number of thiazole rings is 1. The summed E-state index contributed by atoms with van der Waals surface area (Å²) in [5.41, 5.74) is 3.65. The standard InChI is InChI=1S/C23H21N3O4S/c1-27-18-10-16(11-19(28-2)20(18)29-3)22-25-21(26-30-22)14-6-4-13(5-7-14)17-12-31-23(24-17)15-8-9-15/h4-7,10-12,15H,8-9H2,1-3H3. The molecule has 1 aliphatic rings. The van der Waals surface area contributed by atoms with E-state index in [0.717, 1.165) is 16.8 Å². The molecule has 5 rings (SSSR count). The Hall–Kier alpha value is -3.39. The molecular formula is C23H21N3O4S. The fraction of sp³-hybridized carbons (Fsp3) is 0.261. The molecule has 31 heavy (non-hydrogen) atoms. The molecule has 0 N–H and O–H groups in total. The molecule has 1 saturated carbocycles. The highest BCUT2D eigenvalue weighted by molar-refractivity contribution is 7.10. The number of rotatable bonds is 7. The zero-order chi connectivity index (χ0) is 21.4. The second-order valence-corrected chi connectivity index (χ2v) is 8.15. The van der Waals surface area contributed by atoms with Crippen molar-refractivity contribution in [2.24, 2.45) is 0 Å². The van der Waals surface area contributed by atoms with Crippen molar-refractivity contribution in [3.05, 3.63) is 46.8 Å². The van der Waals surface area contributed by atoms with Gasteiger partial charge in [-0.15, -0.1) is 11.3 Å². The Morgan fingerprint density at radius 2 is 1.55 bits per heavy atom. The van der Waals surface area contributed by atoms with E-state index < -0.39 is 0 Å². The van der Waals surface area contributed by atoms with E-state index in [-0.39, 0.29) is 0 Å². The van der Waals surface area contributed by atoms with Crippen LogP contribution in [0.25, 0.3) is 34.1 Å². The average Bonchev–Trinajstić information content (AvgIpc) is 3.34. The molecule has 2 aromatic carbocycles. The lowest BCUT2D eigenvalue weighted by atomic mass is 10.1. The van der Waals surface area contributed by atoms with Crippen LogP contribution in [-0.2, 0) is 0 Å². The third-order valence-electron chi connectivity index (χ3n) is 5.23. The lowest BCUT2D eigenvalue weighted by Gasteiger charge is -2.12. The van der Waals surface area contributed by atoms with E-state index in [9.17, 15) is 0 Å². The molecule has 4 aromatic rings. The van der Waals surface area contributed by atoms with Crippen molar-refractivity contribution in [3.8, 4) is 51.3 Å². The van der Waals surface area contributed by atoms with Gasteiger partial charge in [0, 0.05) is 28.0 Å². The summed E-state index contributed by atoms with van der Waals surface area (Å²) in [5, 5.41) is 7.51. The SMILES string of the molecule is COc1cc(-c2nc(-c3ccc(-c4csc(C5CC5)n4)cc3)no2)cc(OC)c1OC. The zero-order valence-electron chi connectivity index (χ0n) is 17.4. The third kappa shape index (κ3) is 3.74. The van der Waals surface area contributed by atoms with Crippen molar-refractivity contribution < 1.29 is 18.7 Å². The lowest BCUT2D eigenvalue weighted by molar-refractivity contribution is 0.324. The summed E-state index contributed by atoms with van der Waals surface area (Å²) >= 11 is 1.74. The van der Waals surface area contributed by atoms with Crippen LogP contribution in [0.5, 0.6) is 17.2 Å². The Balaban J connectivity index is 1.41. The number of aromatic nitrogens is 3. The minimum atomic E-state index is 0.368. The molecular weight excluding hydrogens is 414 g/mol. The van der Waals surface area contributed by atoms with Crippen molar-refractivity contribution in [2.45, 2.75) is 18.8 Å². The molecule has 2 heterocycles. The summed E-state index contributed by atoms with van der Waals surface area (Å²) < 4.78 is 21.7. The fourth-order valence-electron chi connectivity index (χ4n) is 3.39. The van der Waals surface area contributed by atoms with Crippen molar-refractivity contribution in [1.82, 2.24) is 15.1 Å². The predicted molar refractivity (Wildman–Crippen MR) is 118 cm³/mol. The van der Waals surface area contributed by atoms with Gasteiger partial charge in [0.1, 0.15) is 0 Å². The van der Waals surface area contributed by atoms with Crippen LogP contribution in [0.2, 0.25) is 0 Å². The van der Waals surface area contributed by atoms with Crippen LogP contribution in [0.1, 0.15) is 23.8 Å². The van der Waals surface area contributed by atoms with Crippen molar-refractivity contribution in [1.29, 1.82) is 0 Å². The molecule has 0 saturated heterocycles. The number of benzene rings is 2. The topological polar surface area (TPSA) is 79.5 Å². The summed E-state index contributed by atoms with van der Waals surface area (Å²) in [5.74, 6) is 3.10. The van der Waals surface area contributed by atoms with Crippen LogP contribution >= 0.6 is 11.3 Å². The molecule has 8 heteroatoms. The Labute approximate surface area is 183 Å². The van der Waals surface area contributed by atoms with Gasteiger partial charge in [-0.2, -0.15) is 4.98 Å². The smallest absolute Gasteiger partial charge is 0.258 e. The van der Waals surface area contributed by atoms with Crippen LogP contribution in [-0.4, -0.2) is 36.5 Å². The first-order valence-electron chi connectivity index (χ1n) is 9.90. The molecule has 0 unspecified atom stereocenters. The lowest BCUT2D eigenvalue weighted by Crippen LogP contribution is -1.95. The Morgan fingerprint density at radius 1 is 0.871 bits per heavy atom.